The zero-order chi connectivity index (χ0) is 16.7. The molecule has 1 unspecified atom stereocenters. The minimum absolute atomic E-state index is 0.0705. The van der Waals surface area contributed by atoms with Gasteiger partial charge in [0.15, 0.2) is 11.2 Å². The van der Waals surface area contributed by atoms with Crippen LogP contribution in [-0.4, -0.2) is 17.5 Å². The second-order valence-electron chi connectivity index (χ2n) is 5.79. The average molecular weight is 322 g/mol. The van der Waals surface area contributed by atoms with Crippen LogP contribution in [0, 0.1) is 5.92 Å². The van der Waals surface area contributed by atoms with Gasteiger partial charge < -0.3 is 14.3 Å². The summed E-state index contributed by atoms with van der Waals surface area (Å²) >= 11 is 0. The lowest BCUT2D eigenvalue weighted by molar-refractivity contribution is 0.0824. The van der Waals surface area contributed by atoms with E-state index in [4.69, 9.17) is 9.15 Å². The van der Waals surface area contributed by atoms with Gasteiger partial charge in [-0.05, 0) is 30.7 Å². The lowest BCUT2D eigenvalue weighted by Gasteiger charge is -2.23. The fourth-order valence-electron chi connectivity index (χ4n) is 3.00. The molecule has 0 saturated heterocycles. The van der Waals surface area contributed by atoms with Crippen LogP contribution in [0.25, 0.3) is 11.0 Å². The van der Waals surface area contributed by atoms with Gasteiger partial charge in [0, 0.05) is 0 Å². The number of hydrogen-bond donors (Lipinski definition) is 1. The van der Waals surface area contributed by atoms with Gasteiger partial charge in [0.05, 0.1) is 22.4 Å². The smallest absolute Gasteiger partial charge is 0.292 e. The lowest BCUT2D eigenvalue weighted by Crippen LogP contribution is -2.31. The molecule has 1 atom stereocenters. The van der Waals surface area contributed by atoms with Crippen molar-refractivity contribution in [3.05, 3.63) is 69.9 Å². The number of phenols is 1. The summed E-state index contributed by atoms with van der Waals surface area (Å²) in [6.07, 6.45) is 0.232. The molecule has 0 bridgehead atoms. The van der Waals surface area contributed by atoms with E-state index in [1.807, 2.05) is 0 Å². The van der Waals surface area contributed by atoms with Crippen molar-refractivity contribution in [2.75, 3.05) is 6.61 Å². The van der Waals surface area contributed by atoms with E-state index in [1.54, 1.807) is 42.5 Å². The lowest BCUT2D eigenvalue weighted by atomic mass is 9.90. The maximum Gasteiger partial charge on any atom is 0.292 e. The maximum atomic E-state index is 12.6. The molecule has 0 saturated carbocycles. The van der Waals surface area contributed by atoms with Crippen LogP contribution in [0.4, 0.5) is 0 Å². The van der Waals surface area contributed by atoms with Gasteiger partial charge >= 0.3 is 0 Å². The predicted octanol–water partition coefficient (Wildman–Crippen LogP) is 2.93. The van der Waals surface area contributed by atoms with Crippen LogP contribution >= 0.6 is 0 Å². The Morgan fingerprint density at radius 1 is 1.08 bits per heavy atom. The van der Waals surface area contributed by atoms with Crippen molar-refractivity contribution in [1.29, 1.82) is 0 Å². The van der Waals surface area contributed by atoms with Gasteiger partial charge in [-0.1, -0.05) is 24.3 Å². The van der Waals surface area contributed by atoms with E-state index in [2.05, 4.69) is 0 Å². The Labute approximate surface area is 137 Å². The van der Waals surface area contributed by atoms with Crippen molar-refractivity contribution >= 4 is 16.8 Å². The molecule has 5 nitrogen and oxygen atoms in total. The number of benzene rings is 2. The van der Waals surface area contributed by atoms with E-state index < -0.39 is 5.92 Å². The minimum Gasteiger partial charge on any atom is -0.507 e. The standard InChI is InChI=1S/C19H14O5/c20-15-7-3-1-5-12(15)17(21)11-9-14-18(22)13-6-2-4-8-16(13)24-19(14)23-10-11/h1-8,11,20H,9-10H2. The molecule has 0 spiro atoms. The third-order valence-electron chi connectivity index (χ3n) is 4.26. The number of ether oxygens (including phenoxy) is 1. The Bertz CT molecular complexity index is 1000. The number of rotatable bonds is 2. The number of Topliss-reactive ketones (excluding diaryl/α,β-unsaturated/α-hetero) is 1. The SMILES string of the molecule is O=C(c1ccccc1O)C1COc2oc3ccccc3c(=O)c2C1. The molecule has 0 amide bonds. The van der Waals surface area contributed by atoms with Gasteiger partial charge in [0.25, 0.3) is 5.95 Å². The summed E-state index contributed by atoms with van der Waals surface area (Å²) in [4.78, 5) is 25.3. The first-order chi connectivity index (χ1) is 11.6. The van der Waals surface area contributed by atoms with E-state index in [1.165, 1.54) is 6.07 Å². The molecule has 2 aromatic carbocycles. The van der Waals surface area contributed by atoms with Crippen LogP contribution in [-0.2, 0) is 6.42 Å². The van der Waals surface area contributed by atoms with Crippen LogP contribution in [0.2, 0.25) is 0 Å². The highest BCUT2D eigenvalue weighted by atomic mass is 16.6. The Morgan fingerprint density at radius 3 is 2.67 bits per heavy atom. The fourth-order valence-corrected chi connectivity index (χ4v) is 3.00. The highest BCUT2D eigenvalue weighted by Gasteiger charge is 2.31. The third-order valence-corrected chi connectivity index (χ3v) is 4.26. The molecular formula is C19H14O5. The molecular weight excluding hydrogens is 308 g/mol. The quantitative estimate of drug-likeness (QED) is 0.734. The zero-order valence-corrected chi connectivity index (χ0v) is 12.7. The Balaban J connectivity index is 1.74. The van der Waals surface area contributed by atoms with E-state index >= 15 is 0 Å². The molecule has 0 aliphatic carbocycles. The number of carbonyl (C=O) groups is 1. The van der Waals surface area contributed by atoms with E-state index in [0.29, 0.717) is 16.5 Å². The molecule has 1 aromatic heterocycles. The minimum atomic E-state index is -0.533. The van der Waals surface area contributed by atoms with Crippen LogP contribution in [0.15, 0.2) is 57.7 Å². The van der Waals surface area contributed by atoms with Crippen LogP contribution in [0.3, 0.4) is 0 Å². The number of aromatic hydroxyl groups is 1. The second kappa shape index (κ2) is 5.53. The largest absolute Gasteiger partial charge is 0.507 e. The second-order valence-corrected chi connectivity index (χ2v) is 5.79. The summed E-state index contributed by atoms with van der Waals surface area (Å²) < 4.78 is 11.2. The molecule has 1 aliphatic heterocycles. The van der Waals surface area contributed by atoms with Crippen LogP contribution in [0.5, 0.6) is 11.7 Å². The first-order valence-electron chi connectivity index (χ1n) is 7.65. The summed E-state index contributed by atoms with van der Waals surface area (Å²) in [7, 11) is 0. The summed E-state index contributed by atoms with van der Waals surface area (Å²) in [6.45, 7) is 0.113. The maximum absolute atomic E-state index is 12.6. The first kappa shape index (κ1) is 14.5. The highest BCUT2D eigenvalue weighted by Crippen LogP contribution is 2.31. The number of ketones is 1. The van der Waals surface area contributed by atoms with Crippen LogP contribution < -0.4 is 10.2 Å². The van der Waals surface area contributed by atoms with Gasteiger partial charge in [-0.15, -0.1) is 0 Å². The van der Waals surface area contributed by atoms with Crippen molar-refractivity contribution in [3.63, 3.8) is 0 Å². The van der Waals surface area contributed by atoms with E-state index in [9.17, 15) is 14.7 Å². The topological polar surface area (TPSA) is 76.7 Å². The average Bonchev–Trinajstić information content (AvgIpc) is 2.62. The summed E-state index contributed by atoms with van der Waals surface area (Å²) in [5.74, 6) is -0.667. The van der Waals surface area contributed by atoms with Gasteiger partial charge in [-0.2, -0.15) is 0 Å². The van der Waals surface area contributed by atoms with E-state index in [-0.39, 0.29) is 41.5 Å². The molecule has 5 heteroatoms. The summed E-state index contributed by atoms with van der Waals surface area (Å²) in [6, 6.07) is 13.3. The van der Waals surface area contributed by atoms with Crippen molar-refractivity contribution in [2.45, 2.75) is 6.42 Å². The van der Waals surface area contributed by atoms with Crippen molar-refractivity contribution in [3.8, 4) is 11.7 Å². The molecule has 1 N–H and O–H groups in total. The fraction of sp³-hybridized carbons (Fsp3) is 0.158. The number of fused-ring (bicyclic) bond motifs is 2. The molecule has 0 fully saturated rings. The summed E-state index contributed by atoms with van der Waals surface area (Å²) in [5.41, 5.74) is 0.891. The van der Waals surface area contributed by atoms with Crippen LogP contribution in [0.1, 0.15) is 15.9 Å². The first-order valence-corrected chi connectivity index (χ1v) is 7.65. The van der Waals surface area contributed by atoms with Gasteiger partial charge in [-0.3, -0.25) is 9.59 Å². The Kier molecular flexibility index (Phi) is 3.34. The van der Waals surface area contributed by atoms with Gasteiger partial charge in [0.2, 0.25) is 0 Å². The molecule has 3 aromatic rings. The van der Waals surface area contributed by atoms with Crippen molar-refractivity contribution in [2.24, 2.45) is 5.92 Å². The van der Waals surface area contributed by atoms with Gasteiger partial charge in [-0.25, -0.2) is 0 Å². The molecule has 24 heavy (non-hydrogen) atoms. The molecule has 2 heterocycles. The molecule has 120 valence electrons. The Morgan fingerprint density at radius 2 is 1.83 bits per heavy atom. The van der Waals surface area contributed by atoms with E-state index in [0.717, 1.165) is 0 Å². The Hall–Kier alpha value is -3.08. The molecule has 1 aliphatic rings. The zero-order valence-electron chi connectivity index (χ0n) is 12.7. The number of phenolic OH excluding ortho intramolecular Hbond substituents is 1. The van der Waals surface area contributed by atoms with Gasteiger partial charge in [0.1, 0.15) is 17.9 Å². The molecule has 0 radical (unpaired) electrons. The highest BCUT2D eigenvalue weighted by molar-refractivity contribution is 6.00. The molecule has 4 rings (SSSR count). The monoisotopic (exact) mass is 322 g/mol. The third kappa shape index (κ3) is 2.25. The number of para-hydroxylation sites is 2. The normalized spacial score (nSPS) is 16.4. The summed E-state index contributed by atoms with van der Waals surface area (Å²) in [5, 5.41) is 10.3. The van der Waals surface area contributed by atoms with Crippen molar-refractivity contribution < 1.29 is 19.1 Å². The number of carbonyl (C=O) groups excluding carboxylic acids is 1. The van der Waals surface area contributed by atoms with Crippen molar-refractivity contribution in [1.82, 2.24) is 0 Å². The number of hydrogen-bond acceptors (Lipinski definition) is 5. The predicted molar refractivity (Wildman–Crippen MR) is 87.6 cm³/mol.